The summed E-state index contributed by atoms with van der Waals surface area (Å²) < 4.78 is 5.54. The van der Waals surface area contributed by atoms with E-state index in [1.165, 1.54) is 11.1 Å². The van der Waals surface area contributed by atoms with Crippen LogP contribution in [0.5, 0.6) is 0 Å². The Hall–Kier alpha value is -3.35. The van der Waals surface area contributed by atoms with Gasteiger partial charge in [-0.3, -0.25) is 9.59 Å². The number of ether oxygens (including phenoxy) is 1. The molecule has 2 amide bonds. The summed E-state index contributed by atoms with van der Waals surface area (Å²) in [6.45, 7) is 6.22. The van der Waals surface area contributed by atoms with Crippen molar-refractivity contribution >= 4 is 18.0 Å². The zero-order chi connectivity index (χ0) is 23.8. The number of amides is 2. The van der Waals surface area contributed by atoms with E-state index in [9.17, 15) is 19.5 Å². The number of nitrogens with one attached hydrogen (secondary N) is 1. The summed E-state index contributed by atoms with van der Waals surface area (Å²) in [7, 11) is 0. The minimum atomic E-state index is -0.888. The number of alkyl carbamates (subject to hydrolysis) is 1. The standard InChI is InChI=1S/C26H30N2O5/c1-25(2,22(29)28-15-26(3,16-28)23(30)31)12-13-27-24(32)33-14-21-19-10-6-4-8-17(19)18-9-5-7-11-20(18)21/h4-11,21H,12-16H2,1-3H3,(H,27,32)(H,30,31). The Labute approximate surface area is 193 Å². The Kier molecular flexibility index (Phi) is 5.91. The average molecular weight is 451 g/mol. The van der Waals surface area contributed by atoms with E-state index in [2.05, 4.69) is 29.6 Å². The van der Waals surface area contributed by atoms with Crippen LogP contribution < -0.4 is 5.32 Å². The first-order valence-electron chi connectivity index (χ1n) is 11.2. The quantitative estimate of drug-likeness (QED) is 0.668. The van der Waals surface area contributed by atoms with Crippen molar-refractivity contribution in [2.45, 2.75) is 33.1 Å². The number of carboxylic acid groups (broad SMARTS) is 1. The lowest BCUT2D eigenvalue weighted by Gasteiger charge is -2.47. The third-order valence-electron chi connectivity index (χ3n) is 6.83. The van der Waals surface area contributed by atoms with Crippen LogP contribution in [-0.2, 0) is 14.3 Å². The van der Waals surface area contributed by atoms with E-state index < -0.39 is 22.9 Å². The van der Waals surface area contributed by atoms with Gasteiger partial charge in [-0.2, -0.15) is 0 Å². The molecule has 1 aliphatic carbocycles. The first kappa shape index (κ1) is 22.8. The van der Waals surface area contributed by atoms with Gasteiger partial charge in [0.2, 0.25) is 5.91 Å². The van der Waals surface area contributed by atoms with E-state index >= 15 is 0 Å². The maximum absolute atomic E-state index is 12.8. The van der Waals surface area contributed by atoms with Gasteiger partial charge in [-0.15, -0.1) is 0 Å². The largest absolute Gasteiger partial charge is 0.481 e. The van der Waals surface area contributed by atoms with Gasteiger partial charge in [-0.05, 0) is 35.6 Å². The molecule has 2 aromatic carbocycles. The van der Waals surface area contributed by atoms with Gasteiger partial charge in [0.1, 0.15) is 6.61 Å². The molecule has 2 N–H and O–H groups in total. The van der Waals surface area contributed by atoms with E-state index in [-0.39, 0.29) is 31.5 Å². The average Bonchev–Trinajstić information content (AvgIpc) is 3.08. The normalized spacial score (nSPS) is 16.4. The van der Waals surface area contributed by atoms with Crippen molar-refractivity contribution in [3.8, 4) is 11.1 Å². The van der Waals surface area contributed by atoms with Gasteiger partial charge in [0.25, 0.3) is 0 Å². The second-order valence-corrected chi connectivity index (χ2v) is 9.91. The smallest absolute Gasteiger partial charge is 0.407 e. The van der Waals surface area contributed by atoms with Crippen LogP contribution in [0.4, 0.5) is 4.79 Å². The number of carboxylic acids is 1. The van der Waals surface area contributed by atoms with E-state index in [1.807, 2.05) is 38.1 Å². The highest BCUT2D eigenvalue weighted by atomic mass is 16.5. The molecule has 174 valence electrons. The molecule has 0 aromatic heterocycles. The number of aliphatic carboxylic acids is 1. The van der Waals surface area contributed by atoms with Gasteiger partial charge < -0.3 is 20.1 Å². The highest BCUT2D eigenvalue weighted by Crippen LogP contribution is 2.44. The number of likely N-dealkylation sites (tertiary alicyclic amines) is 1. The molecule has 4 rings (SSSR count). The molecule has 7 nitrogen and oxygen atoms in total. The number of benzene rings is 2. The molecule has 1 fully saturated rings. The maximum atomic E-state index is 12.8. The summed E-state index contributed by atoms with van der Waals surface area (Å²) in [5, 5.41) is 12.0. The Bertz CT molecular complexity index is 1040. The molecule has 1 heterocycles. The first-order chi connectivity index (χ1) is 15.6. The first-order valence-corrected chi connectivity index (χ1v) is 11.2. The lowest BCUT2D eigenvalue weighted by molar-refractivity contribution is -0.168. The molecule has 0 spiro atoms. The van der Waals surface area contributed by atoms with Crippen molar-refractivity contribution in [3.63, 3.8) is 0 Å². The van der Waals surface area contributed by atoms with Crippen LogP contribution in [0.2, 0.25) is 0 Å². The van der Waals surface area contributed by atoms with Crippen molar-refractivity contribution in [1.29, 1.82) is 0 Å². The zero-order valence-corrected chi connectivity index (χ0v) is 19.3. The van der Waals surface area contributed by atoms with E-state index in [1.54, 1.807) is 11.8 Å². The molecule has 0 saturated carbocycles. The van der Waals surface area contributed by atoms with Crippen LogP contribution in [-0.4, -0.2) is 54.2 Å². The van der Waals surface area contributed by atoms with Crippen molar-refractivity contribution in [2.24, 2.45) is 10.8 Å². The molecule has 33 heavy (non-hydrogen) atoms. The van der Waals surface area contributed by atoms with Crippen LogP contribution in [0.15, 0.2) is 48.5 Å². The molecule has 7 heteroatoms. The van der Waals surface area contributed by atoms with Gasteiger partial charge in [-0.25, -0.2) is 4.79 Å². The Morgan fingerprint density at radius 3 is 2.15 bits per heavy atom. The molecule has 2 aromatic rings. The fourth-order valence-electron chi connectivity index (χ4n) is 4.74. The molecule has 1 aliphatic heterocycles. The molecule has 0 unspecified atom stereocenters. The minimum absolute atomic E-state index is 0.00358. The predicted molar refractivity (Wildman–Crippen MR) is 124 cm³/mol. The van der Waals surface area contributed by atoms with E-state index in [0.29, 0.717) is 13.0 Å². The summed E-state index contributed by atoms with van der Waals surface area (Å²) in [4.78, 5) is 37.9. The number of rotatable bonds is 7. The summed E-state index contributed by atoms with van der Waals surface area (Å²) >= 11 is 0. The highest BCUT2D eigenvalue weighted by Gasteiger charge is 2.49. The van der Waals surface area contributed by atoms with Crippen molar-refractivity contribution in [1.82, 2.24) is 10.2 Å². The molecular formula is C26H30N2O5. The van der Waals surface area contributed by atoms with E-state index in [4.69, 9.17) is 4.74 Å². The number of hydrogen-bond donors (Lipinski definition) is 2. The monoisotopic (exact) mass is 450 g/mol. The Morgan fingerprint density at radius 1 is 1.06 bits per heavy atom. The maximum Gasteiger partial charge on any atom is 0.407 e. The third kappa shape index (κ3) is 4.32. The lowest BCUT2D eigenvalue weighted by atomic mass is 9.78. The van der Waals surface area contributed by atoms with Gasteiger partial charge in [0, 0.05) is 31.0 Å². The van der Waals surface area contributed by atoms with Gasteiger partial charge >= 0.3 is 12.1 Å². The summed E-state index contributed by atoms with van der Waals surface area (Å²) in [5.74, 6) is -0.993. The highest BCUT2D eigenvalue weighted by molar-refractivity contribution is 5.86. The van der Waals surface area contributed by atoms with Crippen LogP contribution in [0, 0.1) is 10.8 Å². The van der Waals surface area contributed by atoms with Crippen LogP contribution >= 0.6 is 0 Å². The zero-order valence-electron chi connectivity index (χ0n) is 19.3. The number of hydrogen-bond acceptors (Lipinski definition) is 4. The summed E-state index contributed by atoms with van der Waals surface area (Å²) in [6, 6.07) is 16.3. The molecular weight excluding hydrogens is 420 g/mol. The van der Waals surface area contributed by atoms with Crippen molar-refractivity contribution in [2.75, 3.05) is 26.2 Å². The number of carbonyl (C=O) groups excluding carboxylic acids is 2. The fourth-order valence-corrected chi connectivity index (χ4v) is 4.74. The van der Waals surface area contributed by atoms with E-state index in [0.717, 1.165) is 11.1 Å². The predicted octanol–water partition coefficient (Wildman–Crippen LogP) is 3.87. The van der Waals surface area contributed by atoms with Gasteiger partial charge in [0.05, 0.1) is 5.41 Å². The molecule has 0 bridgehead atoms. The van der Waals surface area contributed by atoms with Gasteiger partial charge in [-0.1, -0.05) is 62.4 Å². The van der Waals surface area contributed by atoms with Crippen molar-refractivity contribution in [3.05, 3.63) is 59.7 Å². The summed E-state index contributed by atoms with van der Waals surface area (Å²) in [5.41, 5.74) is 3.07. The number of fused-ring (bicyclic) bond motifs is 3. The lowest BCUT2D eigenvalue weighted by Crippen LogP contribution is -2.62. The molecule has 1 saturated heterocycles. The SMILES string of the molecule is CC(C)(CCNC(=O)OCC1c2ccccc2-c2ccccc21)C(=O)N1CC(C)(C(=O)O)C1. The fraction of sp³-hybridized carbons (Fsp3) is 0.423. The second-order valence-electron chi connectivity index (χ2n) is 9.91. The Balaban J connectivity index is 1.27. The topological polar surface area (TPSA) is 95.9 Å². The number of carbonyl (C=O) groups is 3. The molecule has 0 radical (unpaired) electrons. The summed E-state index contributed by atoms with van der Waals surface area (Å²) in [6.07, 6.45) is -0.0847. The van der Waals surface area contributed by atoms with Crippen LogP contribution in [0.1, 0.15) is 44.2 Å². The van der Waals surface area contributed by atoms with Crippen molar-refractivity contribution < 1.29 is 24.2 Å². The van der Waals surface area contributed by atoms with Crippen LogP contribution in [0.3, 0.4) is 0 Å². The second kappa shape index (κ2) is 8.54. The third-order valence-corrected chi connectivity index (χ3v) is 6.83. The van der Waals surface area contributed by atoms with Crippen LogP contribution in [0.25, 0.3) is 11.1 Å². The molecule has 2 aliphatic rings. The Morgan fingerprint density at radius 2 is 1.61 bits per heavy atom. The minimum Gasteiger partial charge on any atom is -0.481 e. The van der Waals surface area contributed by atoms with Gasteiger partial charge in [0.15, 0.2) is 0 Å². The number of nitrogens with zero attached hydrogens (tertiary/aromatic N) is 1. The molecule has 0 atom stereocenters.